The molecule has 238 valence electrons. The highest BCUT2D eigenvalue weighted by Gasteiger charge is 2.69. The Morgan fingerprint density at radius 3 is 2.34 bits per heavy atom. The number of nitro groups is 1. The van der Waals surface area contributed by atoms with Crippen molar-refractivity contribution >= 4 is 57.9 Å². The Labute approximate surface area is 276 Å². The third-order valence-electron chi connectivity index (χ3n) is 9.99. The van der Waals surface area contributed by atoms with E-state index in [-0.39, 0.29) is 63.8 Å². The van der Waals surface area contributed by atoms with Crippen molar-refractivity contribution in [1.29, 1.82) is 0 Å². The molecule has 1 saturated heterocycles. The van der Waals surface area contributed by atoms with E-state index in [1.54, 1.807) is 11.8 Å². The molecule has 3 aromatic carbocycles. The normalized spacial score (nSPS) is 26.9. The summed E-state index contributed by atoms with van der Waals surface area (Å²) in [6, 6.07) is 20.6. The van der Waals surface area contributed by atoms with Gasteiger partial charge in [-0.25, -0.2) is 0 Å². The average molecular weight is 669 g/mol. The second kappa shape index (κ2) is 11.2. The molecule has 4 aliphatic rings. The molecule has 0 radical (unpaired) electrons. The SMILES string of the molecule is Cc1ccc(NC(=O)COc2ccc([C@H]3c4sc(=O)[nH]c4SC4C5CC(C6C(=O)N(c7ccc([N+](=O)[O-])cc7)C(=O)C56)C43)cc2)cc1. The number of imide groups is 1. The van der Waals surface area contributed by atoms with Crippen LogP contribution in [0.25, 0.3) is 0 Å². The number of rotatable bonds is 7. The Morgan fingerprint density at radius 1 is 0.979 bits per heavy atom. The number of anilines is 2. The summed E-state index contributed by atoms with van der Waals surface area (Å²) in [5, 5.41) is 14.8. The number of hydrogen-bond acceptors (Lipinski definition) is 9. The predicted octanol–water partition coefficient (Wildman–Crippen LogP) is 5.35. The second-order valence-electron chi connectivity index (χ2n) is 12.5. The monoisotopic (exact) mass is 668 g/mol. The van der Waals surface area contributed by atoms with Crippen LogP contribution in [-0.4, -0.2) is 39.5 Å². The maximum absolute atomic E-state index is 13.9. The van der Waals surface area contributed by atoms with Crippen LogP contribution in [0.5, 0.6) is 5.75 Å². The number of ether oxygens (including phenoxy) is 1. The highest BCUT2D eigenvalue weighted by molar-refractivity contribution is 8.00. The maximum atomic E-state index is 13.9. The lowest BCUT2D eigenvalue weighted by atomic mass is 9.68. The number of aryl methyl sites for hydroxylation is 1. The molecule has 47 heavy (non-hydrogen) atoms. The number of benzene rings is 3. The quantitative estimate of drug-likeness (QED) is 0.152. The smallest absolute Gasteiger partial charge is 0.305 e. The molecule has 2 aliphatic heterocycles. The first kappa shape index (κ1) is 29.6. The number of carbonyl (C=O) groups is 3. The fourth-order valence-corrected chi connectivity index (χ4v) is 11.0. The summed E-state index contributed by atoms with van der Waals surface area (Å²) >= 11 is 2.79. The van der Waals surface area contributed by atoms with Crippen molar-refractivity contribution in [3.05, 3.63) is 109 Å². The van der Waals surface area contributed by atoms with Crippen LogP contribution in [0.15, 0.2) is 82.6 Å². The first-order chi connectivity index (χ1) is 22.7. The Morgan fingerprint density at radius 2 is 1.66 bits per heavy atom. The van der Waals surface area contributed by atoms with E-state index in [9.17, 15) is 29.3 Å². The van der Waals surface area contributed by atoms with Crippen molar-refractivity contribution in [1.82, 2.24) is 4.98 Å². The summed E-state index contributed by atoms with van der Waals surface area (Å²) in [7, 11) is 0. The van der Waals surface area contributed by atoms with E-state index in [1.165, 1.54) is 40.5 Å². The van der Waals surface area contributed by atoms with Gasteiger partial charge in [0.25, 0.3) is 11.6 Å². The highest BCUT2D eigenvalue weighted by atomic mass is 32.2. The van der Waals surface area contributed by atoms with Crippen LogP contribution in [0, 0.1) is 46.6 Å². The average Bonchev–Trinajstić information content (AvgIpc) is 3.80. The first-order valence-electron chi connectivity index (χ1n) is 15.3. The van der Waals surface area contributed by atoms with Gasteiger partial charge >= 0.3 is 4.87 Å². The van der Waals surface area contributed by atoms with Gasteiger partial charge in [-0.3, -0.25) is 34.2 Å². The number of hydrogen-bond donors (Lipinski definition) is 2. The Balaban J connectivity index is 1.05. The summed E-state index contributed by atoms with van der Waals surface area (Å²) in [5.74, 6) is -1.48. The lowest BCUT2D eigenvalue weighted by Gasteiger charge is -2.43. The number of H-pyrrole nitrogens is 1. The van der Waals surface area contributed by atoms with Crippen molar-refractivity contribution in [3.8, 4) is 5.75 Å². The van der Waals surface area contributed by atoms with Crippen LogP contribution in [0.3, 0.4) is 0 Å². The molecule has 3 amide bonds. The van der Waals surface area contributed by atoms with Crippen LogP contribution in [0.4, 0.5) is 17.1 Å². The molecule has 2 saturated carbocycles. The maximum Gasteiger partial charge on any atom is 0.305 e. The molecule has 13 heteroatoms. The fraction of sp³-hybridized carbons (Fsp3) is 0.294. The van der Waals surface area contributed by atoms with Gasteiger partial charge in [0.2, 0.25) is 11.8 Å². The van der Waals surface area contributed by atoms with Gasteiger partial charge in [-0.15, -0.1) is 11.8 Å². The van der Waals surface area contributed by atoms with Crippen molar-refractivity contribution in [2.24, 2.45) is 29.6 Å². The minimum absolute atomic E-state index is 0.0193. The van der Waals surface area contributed by atoms with Gasteiger partial charge in [0.15, 0.2) is 6.61 Å². The number of nitrogens with zero attached hydrogens (tertiary/aromatic N) is 2. The zero-order chi connectivity index (χ0) is 32.6. The minimum atomic E-state index is -0.514. The Hall–Kier alpha value is -4.75. The number of nitro benzene ring substituents is 1. The number of aromatic amines is 1. The number of thiazole rings is 1. The molecule has 2 N–H and O–H groups in total. The molecule has 4 aromatic rings. The van der Waals surface area contributed by atoms with Gasteiger partial charge < -0.3 is 15.0 Å². The molecule has 3 heterocycles. The van der Waals surface area contributed by atoms with Crippen LogP contribution >= 0.6 is 23.1 Å². The van der Waals surface area contributed by atoms with E-state index in [0.717, 1.165) is 27.5 Å². The highest BCUT2D eigenvalue weighted by Crippen LogP contribution is 2.68. The number of aromatic nitrogens is 1. The van der Waals surface area contributed by atoms with Gasteiger partial charge in [0.1, 0.15) is 5.75 Å². The second-order valence-corrected chi connectivity index (χ2v) is 14.7. The Bertz CT molecular complexity index is 1990. The molecular formula is C34H28N4O7S2. The van der Waals surface area contributed by atoms with E-state index in [0.29, 0.717) is 17.1 Å². The van der Waals surface area contributed by atoms with E-state index in [1.807, 2.05) is 55.5 Å². The molecule has 2 bridgehead atoms. The summed E-state index contributed by atoms with van der Waals surface area (Å²) in [6.07, 6.45) is 0.746. The molecule has 7 atom stereocenters. The predicted molar refractivity (Wildman–Crippen MR) is 176 cm³/mol. The van der Waals surface area contributed by atoms with Crippen LogP contribution in [-0.2, 0) is 14.4 Å². The summed E-state index contributed by atoms with van der Waals surface area (Å²) < 4.78 is 5.78. The molecule has 0 spiro atoms. The topological polar surface area (TPSA) is 152 Å². The van der Waals surface area contributed by atoms with Crippen LogP contribution in [0.1, 0.15) is 28.3 Å². The zero-order valence-electron chi connectivity index (χ0n) is 25.0. The van der Waals surface area contributed by atoms with Crippen LogP contribution < -0.4 is 19.8 Å². The molecular weight excluding hydrogens is 641 g/mol. The lowest BCUT2D eigenvalue weighted by molar-refractivity contribution is -0.384. The van der Waals surface area contributed by atoms with E-state index in [2.05, 4.69) is 10.3 Å². The van der Waals surface area contributed by atoms with Crippen LogP contribution in [0.2, 0.25) is 0 Å². The van der Waals surface area contributed by atoms with E-state index in [4.69, 9.17) is 4.74 Å². The van der Waals surface area contributed by atoms with Gasteiger partial charge in [-0.2, -0.15) is 0 Å². The molecule has 8 rings (SSSR count). The van der Waals surface area contributed by atoms with E-state index >= 15 is 0 Å². The number of nitrogens with one attached hydrogen (secondary N) is 2. The van der Waals surface area contributed by atoms with Crippen molar-refractivity contribution in [3.63, 3.8) is 0 Å². The summed E-state index contributed by atoms with van der Waals surface area (Å²) in [6.45, 7) is 1.82. The molecule has 3 fully saturated rings. The first-order valence-corrected chi connectivity index (χ1v) is 17.0. The minimum Gasteiger partial charge on any atom is -0.484 e. The third-order valence-corrected chi connectivity index (χ3v) is 12.6. The number of thioether (sulfide) groups is 1. The molecule has 6 unspecified atom stereocenters. The number of non-ortho nitro benzene ring substituents is 1. The van der Waals surface area contributed by atoms with Gasteiger partial charge in [0.05, 0.1) is 27.5 Å². The zero-order valence-corrected chi connectivity index (χ0v) is 26.6. The summed E-state index contributed by atoms with van der Waals surface area (Å²) in [5.41, 5.74) is 3.00. The largest absolute Gasteiger partial charge is 0.484 e. The van der Waals surface area contributed by atoms with Crippen molar-refractivity contribution < 1.29 is 24.0 Å². The fourth-order valence-electron chi connectivity index (χ4n) is 8.12. The van der Waals surface area contributed by atoms with Gasteiger partial charge in [0, 0.05) is 33.9 Å². The van der Waals surface area contributed by atoms with Crippen molar-refractivity contribution in [2.75, 3.05) is 16.8 Å². The van der Waals surface area contributed by atoms with Crippen molar-refractivity contribution in [2.45, 2.75) is 29.5 Å². The Kier molecular flexibility index (Phi) is 7.06. The summed E-state index contributed by atoms with van der Waals surface area (Å²) in [4.78, 5) is 68.5. The van der Waals surface area contributed by atoms with Gasteiger partial charge in [-0.1, -0.05) is 41.2 Å². The molecule has 1 aromatic heterocycles. The lowest BCUT2D eigenvalue weighted by Crippen LogP contribution is -2.42. The molecule has 11 nitrogen and oxygen atoms in total. The van der Waals surface area contributed by atoms with Gasteiger partial charge in [-0.05, 0) is 73.1 Å². The van der Waals surface area contributed by atoms with E-state index < -0.39 is 16.8 Å². The number of fused-ring (bicyclic) bond motifs is 9. The number of amides is 3. The standard InChI is InChI=1S/C34H28N4O7S2/c1-16-2-6-18(7-3-16)35-24(39)15-45-21-12-4-17(5-13-21)25-26-22-14-23(29(26)46-31-30(25)47-34(42)36-31)28-27(22)32(40)37(33(28)41)19-8-10-20(11-9-19)38(43)44/h2-13,22-23,25-29H,14-15H2,1H3,(H,35,39)(H,36,42)/t22?,23?,25-,26?,27?,28?,29?/m1/s1. The molecule has 2 aliphatic carbocycles. The third kappa shape index (κ3) is 4.87. The number of carbonyl (C=O) groups excluding carboxylic acids is 3.